The third-order valence-electron chi connectivity index (χ3n) is 5.09. The molecule has 0 saturated heterocycles. The first-order valence-corrected chi connectivity index (χ1v) is 11.1. The fraction of sp³-hybridized carbons (Fsp3) is 0.167. The van der Waals surface area contributed by atoms with Gasteiger partial charge in [-0.3, -0.25) is 0 Å². The molecule has 0 aliphatic rings. The number of ether oxygens (including phenoxy) is 3. The highest BCUT2D eigenvalue weighted by molar-refractivity contribution is 7.71. The van der Waals surface area contributed by atoms with Crippen molar-refractivity contribution < 1.29 is 18.6 Å². The third-order valence-corrected chi connectivity index (χ3v) is 5.71. The Kier molecular flexibility index (Phi) is 7.34. The maximum atomic E-state index is 13.1. The molecule has 3 aromatic carbocycles. The summed E-state index contributed by atoms with van der Waals surface area (Å²) in [5.41, 5.74) is 5.61. The summed E-state index contributed by atoms with van der Waals surface area (Å²) >= 11 is 11.9. The number of nitrogens with one attached hydrogen (secondary N) is 2. The number of rotatable bonds is 9. The molecule has 176 valence electrons. The van der Waals surface area contributed by atoms with Crippen molar-refractivity contribution in [2.75, 3.05) is 19.6 Å². The van der Waals surface area contributed by atoms with E-state index in [0.717, 1.165) is 16.7 Å². The number of methoxy groups -OCH3 is 2. The molecule has 0 unspecified atom stereocenters. The zero-order valence-corrected chi connectivity index (χ0v) is 20.0. The first kappa shape index (κ1) is 23.6. The summed E-state index contributed by atoms with van der Waals surface area (Å²) in [5, 5.41) is 7.62. The highest BCUT2D eigenvalue weighted by Crippen LogP contribution is 2.34. The van der Waals surface area contributed by atoms with Crippen LogP contribution in [0.4, 0.5) is 4.39 Å². The molecule has 10 heteroatoms. The second-order valence-electron chi connectivity index (χ2n) is 7.23. The van der Waals surface area contributed by atoms with E-state index in [1.54, 1.807) is 43.2 Å². The number of halogens is 2. The summed E-state index contributed by atoms with van der Waals surface area (Å²) in [7, 11) is 3.15. The lowest BCUT2D eigenvalue weighted by Gasteiger charge is -2.16. The lowest BCUT2D eigenvalue weighted by atomic mass is 10.2. The minimum absolute atomic E-state index is 0.247. The van der Waals surface area contributed by atoms with Crippen LogP contribution in [0.5, 0.6) is 17.2 Å². The summed E-state index contributed by atoms with van der Waals surface area (Å²) in [4.78, 5) is 0. The second-order valence-corrected chi connectivity index (χ2v) is 8.03. The van der Waals surface area contributed by atoms with Gasteiger partial charge in [0, 0.05) is 11.1 Å². The van der Waals surface area contributed by atoms with Crippen LogP contribution in [-0.4, -0.2) is 29.1 Å². The molecule has 1 aromatic heterocycles. The molecule has 0 aliphatic carbocycles. The Labute approximate surface area is 206 Å². The van der Waals surface area contributed by atoms with E-state index >= 15 is 0 Å². The maximum Gasteiger partial charge on any atom is 0.214 e. The van der Waals surface area contributed by atoms with Crippen molar-refractivity contribution in [3.63, 3.8) is 0 Å². The summed E-state index contributed by atoms with van der Waals surface area (Å²) < 4.78 is 32.0. The predicted octanol–water partition coefficient (Wildman–Crippen LogP) is 5.74. The van der Waals surface area contributed by atoms with Crippen molar-refractivity contribution in [3.8, 4) is 28.6 Å². The molecular weight excluding hydrogens is 479 g/mol. The van der Waals surface area contributed by atoms with Gasteiger partial charge >= 0.3 is 0 Å². The Bertz CT molecular complexity index is 1340. The summed E-state index contributed by atoms with van der Waals surface area (Å²) in [6.07, 6.45) is 0. The second kappa shape index (κ2) is 10.6. The van der Waals surface area contributed by atoms with Crippen LogP contribution in [0.1, 0.15) is 11.1 Å². The van der Waals surface area contributed by atoms with Gasteiger partial charge in [-0.1, -0.05) is 35.9 Å². The van der Waals surface area contributed by atoms with Crippen LogP contribution in [0.3, 0.4) is 0 Å². The smallest absolute Gasteiger partial charge is 0.214 e. The van der Waals surface area contributed by atoms with Gasteiger partial charge in [0.2, 0.25) is 4.77 Å². The number of aromatic nitrogens is 3. The molecule has 4 rings (SSSR count). The molecule has 0 spiro atoms. The molecular formula is C24H22ClFN4O3S. The van der Waals surface area contributed by atoms with E-state index in [1.165, 1.54) is 12.1 Å². The Morgan fingerprint density at radius 1 is 1.03 bits per heavy atom. The van der Waals surface area contributed by atoms with Gasteiger partial charge in [0.15, 0.2) is 17.3 Å². The number of para-hydroxylation sites is 1. The molecule has 7 nitrogen and oxygen atoms in total. The number of aromatic amines is 1. The lowest BCUT2D eigenvalue weighted by molar-refractivity contribution is 0.284. The van der Waals surface area contributed by atoms with Crippen molar-refractivity contribution in [1.82, 2.24) is 14.9 Å². The molecule has 0 amide bonds. The molecule has 1 heterocycles. The van der Waals surface area contributed by atoms with Crippen LogP contribution in [0.2, 0.25) is 5.02 Å². The topological polar surface area (TPSA) is 73.3 Å². The van der Waals surface area contributed by atoms with Crippen LogP contribution in [0.25, 0.3) is 11.4 Å². The first-order valence-electron chi connectivity index (χ1n) is 10.3. The van der Waals surface area contributed by atoms with Crippen LogP contribution >= 0.6 is 23.8 Å². The molecule has 4 aromatic rings. The Balaban J connectivity index is 1.53. The van der Waals surface area contributed by atoms with Crippen LogP contribution in [-0.2, 0) is 13.2 Å². The predicted molar refractivity (Wildman–Crippen MR) is 131 cm³/mol. The highest BCUT2D eigenvalue weighted by Gasteiger charge is 2.15. The fourth-order valence-corrected chi connectivity index (χ4v) is 3.76. The molecule has 0 bridgehead atoms. The Morgan fingerprint density at radius 2 is 1.76 bits per heavy atom. The van der Waals surface area contributed by atoms with Crippen molar-refractivity contribution in [3.05, 3.63) is 87.4 Å². The Hall–Kier alpha value is -3.56. The zero-order chi connectivity index (χ0) is 24.1. The van der Waals surface area contributed by atoms with Crippen molar-refractivity contribution in [2.24, 2.45) is 0 Å². The highest BCUT2D eigenvalue weighted by atomic mass is 35.5. The van der Waals surface area contributed by atoms with Crippen LogP contribution < -0.4 is 19.6 Å². The van der Waals surface area contributed by atoms with E-state index in [0.29, 0.717) is 39.4 Å². The van der Waals surface area contributed by atoms with Gasteiger partial charge in [0.25, 0.3) is 0 Å². The van der Waals surface area contributed by atoms with Crippen molar-refractivity contribution >= 4 is 23.8 Å². The summed E-state index contributed by atoms with van der Waals surface area (Å²) in [5.74, 6) is 1.94. The van der Waals surface area contributed by atoms with Crippen LogP contribution in [0, 0.1) is 10.6 Å². The summed E-state index contributed by atoms with van der Waals surface area (Å²) in [6.45, 7) is 0.584. The van der Waals surface area contributed by atoms with Gasteiger partial charge in [0.1, 0.15) is 18.2 Å². The number of H-pyrrole nitrogens is 1. The molecule has 0 aliphatic heterocycles. The lowest BCUT2D eigenvalue weighted by Crippen LogP contribution is -2.16. The molecule has 0 atom stereocenters. The van der Waals surface area contributed by atoms with Crippen molar-refractivity contribution in [2.45, 2.75) is 13.2 Å². The van der Waals surface area contributed by atoms with E-state index in [4.69, 9.17) is 38.0 Å². The minimum atomic E-state index is -0.298. The van der Waals surface area contributed by atoms with Gasteiger partial charge in [-0.2, -0.15) is 5.10 Å². The minimum Gasteiger partial charge on any atom is -0.496 e. The number of benzene rings is 3. The number of hydrogen-bond acceptors (Lipinski definition) is 6. The number of hydrogen-bond donors (Lipinski definition) is 2. The van der Waals surface area contributed by atoms with Gasteiger partial charge < -0.3 is 19.6 Å². The van der Waals surface area contributed by atoms with Gasteiger partial charge in [-0.05, 0) is 53.7 Å². The SMILES string of the molecule is COc1cc(CNn2c(-c3ccccc3OC)n[nH]c2=S)c(Cl)cc1OCc1ccc(F)cc1. The van der Waals surface area contributed by atoms with E-state index in [2.05, 4.69) is 15.6 Å². The quantitative estimate of drug-likeness (QED) is 0.285. The molecule has 0 fully saturated rings. The van der Waals surface area contributed by atoms with E-state index in [1.807, 2.05) is 24.3 Å². The average molecular weight is 501 g/mol. The van der Waals surface area contributed by atoms with E-state index < -0.39 is 0 Å². The van der Waals surface area contributed by atoms with Crippen molar-refractivity contribution in [1.29, 1.82) is 0 Å². The first-order chi connectivity index (χ1) is 16.5. The standard InChI is InChI=1S/C24H22ClFN4O3S/c1-31-20-6-4-3-5-18(20)23-28-29-24(34)30(23)27-13-16-11-21(32-2)22(12-19(16)25)33-14-15-7-9-17(26)10-8-15/h3-12,27H,13-14H2,1-2H3,(H,29,34). The van der Waals surface area contributed by atoms with Crippen LogP contribution in [0.15, 0.2) is 60.7 Å². The molecule has 2 N–H and O–H groups in total. The Morgan fingerprint density at radius 3 is 2.50 bits per heavy atom. The molecule has 34 heavy (non-hydrogen) atoms. The zero-order valence-electron chi connectivity index (χ0n) is 18.5. The summed E-state index contributed by atoms with van der Waals surface area (Å²) in [6, 6.07) is 17.1. The normalized spacial score (nSPS) is 10.7. The third kappa shape index (κ3) is 5.16. The monoisotopic (exact) mass is 500 g/mol. The van der Waals surface area contributed by atoms with Gasteiger partial charge in [-0.25, -0.2) is 14.2 Å². The van der Waals surface area contributed by atoms with E-state index in [-0.39, 0.29) is 12.4 Å². The number of nitrogens with zero attached hydrogens (tertiary/aromatic N) is 2. The largest absolute Gasteiger partial charge is 0.496 e. The maximum absolute atomic E-state index is 13.1. The molecule has 0 radical (unpaired) electrons. The van der Waals surface area contributed by atoms with Gasteiger partial charge in [-0.15, -0.1) is 0 Å². The fourth-order valence-electron chi connectivity index (χ4n) is 3.34. The molecule has 0 saturated carbocycles. The van der Waals surface area contributed by atoms with Gasteiger partial charge in [0.05, 0.1) is 26.3 Å². The average Bonchev–Trinajstić information content (AvgIpc) is 3.22. The van der Waals surface area contributed by atoms with E-state index in [9.17, 15) is 4.39 Å².